The summed E-state index contributed by atoms with van der Waals surface area (Å²) < 4.78 is 20.5. The third kappa shape index (κ3) is 9.84. The molecule has 4 rings (SSSR count). The van der Waals surface area contributed by atoms with E-state index in [9.17, 15) is 28.4 Å². The lowest BCUT2D eigenvalue weighted by atomic mass is 10.0. The molecule has 3 aromatic rings. The Kier molecular flexibility index (Phi) is 12.4. The van der Waals surface area contributed by atoms with Gasteiger partial charge in [0.15, 0.2) is 17.4 Å². The highest BCUT2D eigenvalue weighted by atomic mass is 19.1. The van der Waals surface area contributed by atoms with E-state index in [0.29, 0.717) is 18.1 Å². The predicted octanol–water partition coefficient (Wildman–Crippen LogP) is 1.97. The van der Waals surface area contributed by atoms with Crippen LogP contribution in [-0.2, 0) is 25.7 Å². The third-order valence-electron chi connectivity index (χ3n) is 7.83. The first kappa shape index (κ1) is 36.5. The molecule has 0 fully saturated rings. The van der Waals surface area contributed by atoms with Crippen LogP contribution in [0.1, 0.15) is 62.8 Å². The molecule has 2 aromatic carbocycles. The fourth-order valence-electron chi connectivity index (χ4n) is 5.32. The van der Waals surface area contributed by atoms with Gasteiger partial charge in [0.05, 0.1) is 19.7 Å². The van der Waals surface area contributed by atoms with Gasteiger partial charge < -0.3 is 30.9 Å². The second-order valence-electron chi connectivity index (χ2n) is 12.3. The number of halogens is 1. The van der Waals surface area contributed by atoms with Crippen molar-refractivity contribution in [3.8, 4) is 17.1 Å². The van der Waals surface area contributed by atoms with Gasteiger partial charge in [-0.2, -0.15) is 5.10 Å². The summed E-state index contributed by atoms with van der Waals surface area (Å²) in [7, 11) is 1.27. The molecule has 0 unspecified atom stereocenters. The quantitative estimate of drug-likeness (QED) is 0.317. The van der Waals surface area contributed by atoms with E-state index >= 15 is 0 Å². The number of carbonyl (C=O) groups excluding carboxylic acids is 5. The fourth-order valence-corrected chi connectivity index (χ4v) is 5.32. The van der Waals surface area contributed by atoms with Crippen LogP contribution in [0.3, 0.4) is 0 Å². The van der Waals surface area contributed by atoms with E-state index in [1.54, 1.807) is 6.92 Å². The molecule has 0 aliphatic carbocycles. The van der Waals surface area contributed by atoms with Crippen molar-refractivity contribution >= 4 is 29.5 Å². The van der Waals surface area contributed by atoms with Crippen LogP contribution in [0.25, 0.3) is 11.4 Å². The summed E-state index contributed by atoms with van der Waals surface area (Å²) >= 11 is 0. The first-order chi connectivity index (χ1) is 23.4. The van der Waals surface area contributed by atoms with Crippen molar-refractivity contribution in [1.82, 2.24) is 40.9 Å². The summed E-state index contributed by atoms with van der Waals surface area (Å²) in [6.07, 6.45) is 0.570. The van der Waals surface area contributed by atoms with Crippen LogP contribution in [0.5, 0.6) is 5.75 Å². The van der Waals surface area contributed by atoms with Gasteiger partial charge in [0.1, 0.15) is 24.5 Å². The zero-order valence-electron chi connectivity index (χ0n) is 28.3. The number of rotatable bonds is 5. The molecule has 1 aliphatic heterocycles. The van der Waals surface area contributed by atoms with Crippen molar-refractivity contribution in [3.05, 3.63) is 65.7 Å². The fraction of sp³-hybridized carbons (Fsp3) is 0.441. The monoisotopic (exact) mass is 678 g/mol. The number of carbonyl (C=O) groups is 5. The van der Waals surface area contributed by atoms with Gasteiger partial charge in [0, 0.05) is 24.2 Å². The highest BCUT2D eigenvalue weighted by Gasteiger charge is 2.29. The van der Waals surface area contributed by atoms with E-state index in [-0.39, 0.29) is 49.2 Å². The Morgan fingerprint density at radius 1 is 0.959 bits per heavy atom. The molecule has 0 saturated carbocycles. The third-order valence-corrected chi connectivity index (χ3v) is 7.83. The Morgan fingerprint density at radius 2 is 1.69 bits per heavy atom. The van der Waals surface area contributed by atoms with E-state index in [1.807, 2.05) is 44.2 Å². The normalized spacial score (nSPS) is 20.1. The van der Waals surface area contributed by atoms with Crippen molar-refractivity contribution in [2.45, 2.75) is 65.2 Å². The molecule has 2 heterocycles. The molecule has 0 radical (unpaired) electrons. The number of fused-ring (bicyclic) bond motifs is 1. The van der Waals surface area contributed by atoms with E-state index < -0.39 is 54.1 Å². The number of aromatic nitrogens is 3. The molecule has 5 amide bonds. The van der Waals surface area contributed by atoms with E-state index in [0.717, 1.165) is 11.6 Å². The summed E-state index contributed by atoms with van der Waals surface area (Å²) in [5, 5.41) is 15.6. The second kappa shape index (κ2) is 16.7. The zero-order valence-corrected chi connectivity index (χ0v) is 28.3. The summed E-state index contributed by atoms with van der Waals surface area (Å²) in [4.78, 5) is 72.4. The van der Waals surface area contributed by atoms with Gasteiger partial charge in [0.25, 0.3) is 5.91 Å². The number of nitrogens with zero attached hydrogens (tertiary/aromatic N) is 4. The highest BCUT2D eigenvalue weighted by molar-refractivity contribution is 5.98. The van der Waals surface area contributed by atoms with E-state index in [4.69, 9.17) is 4.74 Å². The molecule has 3 atom stereocenters. The summed E-state index contributed by atoms with van der Waals surface area (Å²) in [6, 6.07) is 10.1. The molecule has 1 aromatic heterocycles. The summed E-state index contributed by atoms with van der Waals surface area (Å²) in [5.41, 5.74) is 0.810. The molecule has 49 heavy (non-hydrogen) atoms. The minimum absolute atomic E-state index is 0.0274. The molecule has 0 spiro atoms. The average molecular weight is 679 g/mol. The smallest absolute Gasteiger partial charge is 0.254 e. The Morgan fingerprint density at radius 3 is 2.39 bits per heavy atom. The van der Waals surface area contributed by atoms with Crippen LogP contribution in [0.4, 0.5) is 4.39 Å². The Hall–Kier alpha value is -5.34. The zero-order chi connectivity index (χ0) is 35.7. The van der Waals surface area contributed by atoms with Crippen LogP contribution in [0.2, 0.25) is 0 Å². The standard InChI is InChI=1S/C34H43FN8O6/c1-20(2)16-26-33(47)38-21(3)31-40-30(23-10-7-6-8-11-23)41-43(31)19-28(44)36-14-9-15-42(18-29(45)37-22(4)32(46)39-26)34(48)24-12-13-25(35)27(17-24)49-5/h6-8,10-13,17,20-22,26H,9,14-16,18-19H2,1-5H3,(H,36,44)(H,37,45)(H,38,47)(H,39,46)/t21-,22+,26+/m0/s1. The first-order valence-electron chi connectivity index (χ1n) is 16.2. The van der Waals surface area contributed by atoms with E-state index in [1.165, 1.54) is 35.7 Å². The SMILES string of the molecule is COc1cc(C(=O)N2CCCNC(=O)Cn3nc(-c4ccccc4)nc3[C@H](C)NC(=O)[C@@H](CC(C)C)NC(=O)[C@@H](C)NC(=O)C2)ccc1F. The number of nitrogens with one attached hydrogen (secondary N) is 4. The maximum absolute atomic E-state index is 14.1. The van der Waals surface area contributed by atoms with Gasteiger partial charge in [-0.15, -0.1) is 0 Å². The molecule has 14 nitrogen and oxygen atoms in total. The molecular weight excluding hydrogens is 635 g/mol. The van der Waals surface area contributed by atoms with Crippen LogP contribution >= 0.6 is 0 Å². The number of hydrogen-bond donors (Lipinski definition) is 4. The van der Waals surface area contributed by atoms with Crippen molar-refractivity contribution < 1.29 is 33.1 Å². The average Bonchev–Trinajstić information content (AvgIpc) is 3.49. The van der Waals surface area contributed by atoms with Crippen molar-refractivity contribution in [2.24, 2.45) is 5.92 Å². The number of benzene rings is 2. The topological polar surface area (TPSA) is 177 Å². The molecule has 0 bridgehead atoms. The number of amides is 5. The van der Waals surface area contributed by atoms with Crippen molar-refractivity contribution in [3.63, 3.8) is 0 Å². The van der Waals surface area contributed by atoms with Gasteiger partial charge in [0.2, 0.25) is 23.6 Å². The highest BCUT2D eigenvalue weighted by Crippen LogP contribution is 2.21. The molecular formula is C34H43FN8O6. The largest absolute Gasteiger partial charge is 0.494 e. The number of methoxy groups -OCH3 is 1. The van der Waals surface area contributed by atoms with Gasteiger partial charge >= 0.3 is 0 Å². The molecule has 15 heteroatoms. The minimum atomic E-state index is -1.05. The van der Waals surface area contributed by atoms with Gasteiger partial charge in [-0.25, -0.2) is 14.1 Å². The number of ether oxygens (including phenoxy) is 1. The Balaban J connectivity index is 1.64. The van der Waals surface area contributed by atoms with Gasteiger partial charge in [-0.3, -0.25) is 24.0 Å². The second-order valence-corrected chi connectivity index (χ2v) is 12.3. The molecule has 262 valence electrons. The maximum Gasteiger partial charge on any atom is 0.254 e. The van der Waals surface area contributed by atoms with Gasteiger partial charge in [-0.05, 0) is 50.8 Å². The van der Waals surface area contributed by atoms with Crippen molar-refractivity contribution in [2.75, 3.05) is 26.7 Å². The van der Waals surface area contributed by atoms with Crippen molar-refractivity contribution in [1.29, 1.82) is 0 Å². The lowest BCUT2D eigenvalue weighted by molar-refractivity contribution is -0.132. The summed E-state index contributed by atoms with van der Waals surface area (Å²) in [5.74, 6) is -2.72. The lowest BCUT2D eigenvalue weighted by Gasteiger charge is -2.25. The summed E-state index contributed by atoms with van der Waals surface area (Å²) in [6.45, 7) is 6.57. The Bertz CT molecular complexity index is 1660. The maximum atomic E-state index is 14.1. The van der Waals surface area contributed by atoms with Crippen LogP contribution in [-0.4, -0.2) is 88.0 Å². The predicted molar refractivity (Wildman–Crippen MR) is 177 cm³/mol. The van der Waals surface area contributed by atoms with Gasteiger partial charge in [-0.1, -0.05) is 44.2 Å². The van der Waals surface area contributed by atoms with Crippen LogP contribution < -0.4 is 26.0 Å². The Labute approximate surface area is 284 Å². The first-order valence-corrected chi connectivity index (χ1v) is 16.2. The van der Waals surface area contributed by atoms with Crippen LogP contribution in [0, 0.1) is 11.7 Å². The number of hydrogen-bond acceptors (Lipinski definition) is 8. The van der Waals surface area contributed by atoms with E-state index in [2.05, 4.69) is 31.3 Å². The van der Waals surface area contributed by atoms with Crippen LogP contribution in [0.15, 0.2) is 48.5 Å². The molecule has 1 aliphatic rings. The molecule has 0 saturated heterocycles. The minimum Gasteiger partial charge on any atom is -0.494 e. The lowest BCUT2D eigenvalue weighted by Crippen LogP contribution is -2.54. The molecule has 4 N–H and O–H groups in total.